The molecule has 0 unspecified atom stereocenters. The second-order valence-corrected chi connectivity index (χ2v) is 8.25. The Morgan fingerprint density at radius 1 is 1.13 bits per heavy atom. The zero-order chi connectivity index (χ0) is 21.6. The lowest BCUT2D eigenvalue weighted by Crippen LogP contribution is -2.42. The molecule has 0 bridgehead atoms. The van der Waals surface area contributed by atoms with Crippen LogP contribution in [0.15, 0.2) is 36.8 Å². The molecule has 2 N–H and O–H groups in total. The van der Waals surface area contributed by atoms with Gasteiger partial charge in [-0.3, -0.25) is 4.79 Å². The lowest BCUT2D eigenvalue weighted by molar-refractivity contribution is 0.0187. The molecule has 2 aromatic heterocycles. The fourth-order valence-corrected chi connectivity index (χ4v) is 3.39. The molecule has 162 valence electrons. The summed E-state index contributed by atoms with van der Waals surface area (Å²) in [6, 6.07) is 5.63. The summed E-state index contributed by atoms with van der Waals surface area (Å²) in [6.07, 6.45) is 6.53. The van der Waals surface area contributed by atoms with Crippen LogP contribution in [0.1, 0.15) is 50.1 Å². The lowest BCUT2D eigenvalue weighted by Gasteiger charge is -2.34. The summed E-state index contributed by atoms with van der Waals surface area (Å²) in [5, 5.41) is 5.99. The molecular formula is C21H30N6O3. The van der Waals surface area contributed by atoms with Gasteiger partial charge in [-0.2, -0.15) is 0 Å². The highest BCUT2D eigenvalue weighted by Gasteiger charge is 2.28. The predicted octanol–water partition coefficient (Wildman–Crippen LogP) is 2.69. The van der Waals surface area contributed by atoms with Crippen LogP contribution < -0.4 is 10.6 Å². The van der Waals surface area contributed by atoms with Gasteiger partial charge in [0, 0.05) is 50.8 Å². The summed E-state index contributed by atoms with van der Waals surface area (Å²) in [4.78, 5) is 34.8. The van der Waals surface area contributed by atoms with Crippen LogP contribution in [-0.4, -0.2) is 63.2 Å². The van der Waals surface area contributed by atoms with Gasteiger partial charge in [0.15, 0.2) is 0 Å². The lowest BCUT2D eigenvalue weighted by atomic mass is 10.0. The van der Waals surface area contributed by atoms with Crippen LogP contribution in [-0.2, 0) is 4.74 Å². The summed E-state index contributed by atoms with van der Waals surface area (Å²) in [6.45, 7) is 7.81. The Morgan fingerprint density at radius 3 is 2.50 bits per heavy atom. The average Bonchev–Trinajstić information content (AvgIpc) is 3.21. The fourth-order valence-electron chi connectivity index (χ4n) is 3.39. The topological polar surface area (TPSA) is 101 Å². The number of amides is 2. The minimum Gasteiger partial charge on any atom is -0.444 e. The Bertz CT molecular complexity index is 838. The molecule has 9 nitrogen and oxygen atoms in total. The van der Waals surface area contributed by atoms with Crippen LogP contribution in [0.5, 0.6) is 0 Å². The Morgan fingerprint density at radius 2 is 1.83 bits per heavy atom. The van der Waals surface area contributed by atoms with Gasteiger partial charge in [-0.1, -0.05) is 0 Å². The third-order valence-electron chi connectivity index (χ3n) is 4.78. The monoisotopic (exact) mass is 414 g/mol. The second-order valence-electron chi connectivity index (χ2n) is 8.25. The average molecular weight is 415 g/mol. The molecule has 0 saturated carbocycles. The minimum atomic E-state index is -0.499. The SMILES string of the molecule is CC(C)(C)OC(=O)N1CCC(n2cccc2C(=O)NCCNc2ncccn2)CC1. The van der Waals surface area contributed by atoms with Crippen molar-refractivity contribution in [3.05, 3.63) is 42.5 Å². The van der Waals surface area contributed by atoms with E-state index in [0.29, 0.717) is 37.8 Å². The fraction of sp³-hybridized carbons (Fsp3) is 0.524. The zero-order valence-electron chi connectivity index (χ0n) is 17.8. The highest BCUT2D eigenvalue weighted by molar-refractivity contribution is 5.92. The Labute approximate surface area is 176 Å². The number of likely N-dealkylation sites (tertiary alicyclic amines) is 1. The molecule has 1 aliphatic rings. The molecule has 3 rings (SSSR count). The van der Waals surface area contributed by atoms with Gasteiger partial charge in [0.1, 0.15) is 11.3 Å². The molecule has 0 atom stereocenters. The number of ether oxygens (including phenoxy) is 1. The van der Waals surface area contributed by atoms with Crippen molar-refractivity contribution in [2.24, 2.45) is 0 Å². The van der Waals surface area contributed by atoms with Crippen molar-refractivity contribution in [1.82, 2.24) is 24.8 Å². The first-order chi connectivity index (χ1) is 14.3. The highest BCUT2D eigenvalue weighted by atomic mass is 16.6. The van der Waals surface area contributed by atoms with Gasteiger partial charge in [0.2, 0.25) is 5.95 Å². The second kappa shape index (κ2) is 9.60. The van der Waals surface area contributed by atoms with Crippen LogP contribution in [0.4, 0.5) is 10.7 Å². The largest absolute Gasteiger partial charge is 0.444 e. The third kappa shape index (κ3) is 5.95. The smallest absolute Gasteiger partial charge is 0.410 e. The first kappa shape index (κ1) is 21.6. The summed E-state index contributed by atoms with van der Waals surface area (Å²) >= 11 is 0. The molecule has 1 aliphatic heterocycles. The van der Waals surface area contributed by atoms with Crippen molar-refractivity contribution in [3.8, 4) is 0 Å². The number of anilines is 1. The van der Waals surface area contributed by atoms with E-state index in [1.54, 1.807) is 23.4 Å². The predicted molar refractivity (Wildman–Crippen MR) is 113 cm³/mol. The van der Waals surface area contributed by atoms with Crippen molar-refractivity contribution in [3.63, 3.8) is 0 Å². The number of aromatic nitrogens is 3. The van der Waals surface area contributed by atoms with Crippen molar-refractivity contribution < 1.29 is 14.3 Å². The van der Waals surface area contributed by atoms with Crippen LogP contribution >= 0.6 is 0 Å². The number of carbonyl (C=O) groups excluding carboxylic acids is 2. The normalized spacial score (nSPS) is 15.0. The van der Waals surface area contributed by atoms with Gasteiger partial charge >= 0.3 is 6.09 Å². The summed E-state index contributed by atoms with van der Waals surface area (Å²) in [5.74, 6) is 0.414. The molecule has 2 aromatic rings. The molecule has 1 saturated heterocycles. The first-order valence-electron chi connectivity index (χ1n) is 10.3. The maximum atomic E-state index is 12.6. The van der Waals surface area contributed by atoms with Crippen molar-refractivity contribution in [2.75, 3.05) is 31.5 Å². The Hall–Kier alpha value is -3.10. The van der Waals surface area contributed by atoms with Crippen LogP contribution in [0.3, 0.4) is 0 Å². The van der Waals surface area contributed by atoms with E-state index in [1.807, 2.05) is 43.7 Å². The maximum absolute atomic E-state index is 12.6. The maximum Gasteiger partial charge on any atom is 0.410 e. The first-order valence-corrected chi connectivity index (χ1v) is 10.3. The van der Waals surface area contributed by atoms with Gasteiger partial charge < -0.3 is 24.8 Å². The van der Waals surface area contributed by atoms with Crippen molar-refractivity contribution >= 4 is 17.9 Å². The molecule has 2 amide bonds. The van der Waals surface area contributed by atoms with E-state index in [2.05, 4.69) is 20.6 Å². The molecule has 1 fully saturated rings. The van der Waals surface area contributed by atoms with E-state index < -0.39 is 5.60 Å². The molecule has 30 heavy (non-hydrogen) atoms. The number of piperidine rings is 1. The highest BCUT2D eigenvalue weighted by Crippen LogP contribution is 2.25. The van der Waals surface area contributed by atoms with E-state index in [1.165, 1.54) is 0 Å². The molecular weight excluding hydrogens is 384 g/mol. The third-order valence-corrected chi connectivity index (χ3v) is 4.78. The number of hydrogen-bond donors (Lipinski definition) is 2. The summed E-state index contributed by atoms with van der Waals surface area (Å²) in [7, 11) is 0. The molecule has 0 spiro atoms. The van der Waals surface area contributed by atoms with E-state index in [9.17, 15) is 9.59 Å². The summed E-state index contributed by atoms with van der Waals surface area (Å²) < 4.78 is 7.46. The number of hydrogen-bond acceptors (Lipinski definition) is 6. The Kier molecular flexibility index (Phi) is 6.91. The number of nitrogens with one attached hydrogen (secondary N) is 2. The molecule has 0 aliphatic carbocycles. The van der Waals surface area contributed by atoms with Crippen molar-refractivity contribution in [2.45, 2.75) is 45.3 Å². The van der Waals surface area contributed by atoms with Gasteiger partial charge in [-0.05, 0) is 51.8 Å². The molecule has 3 heterocycles. The molecule has 0 radical (unpaired) electrons. The van der Waals surface area contributed by atoms with E-state index >= 15 is 0 Å². The van der Waals surface area contributed by atoms with E-state index in [0.717, 1.165) is 12.8 Å². The van der Waals surface area contributed by atoms with Crippen LogP contribution in [0.2, 0.25) is 0 Å². The minimum absolute atomic E-state index is 0.120. The Balaban J connectivity index is 1.48. The quantitative estimate of drug-likeness (QED) is 0.705. The van der Waals surface area contributed by atoms with Crippen LogP contribution in [0.25, 0.3) is 0 Å². The zero-order valence-corrected chi connectivity index (χ0v) is 17.8. The molecule has 0 aromatic carbocycles. The number of carbonyl (C=O) groups is 2. The van der Waals surface area contributed by atoms with E-state index in [4.69, 9.17) is 4.74 Å². The summed E-state index contributed by atoms with van der Waals surface area (Å²) in [5.41, 5.74) is 0.128. The van der Waals surface area contributed by atoms with Gasteiger partial charge in [0.25, 0.3) is 5.91 Å². The van der Waals surface area contributed by atoms with Gasteiger partial charge in [0.05, 0.1) is 0 Å². The van der Waals surface area contributed by atoms with Gasteiger partial charge in [-0.25, -0.2) is 14.8 Å². The molecule has 9 heteroatoms. The van der Waals surface area contributed by atoms with Crippen LogP contribution in [0, 0.1) is 0 Å². The standard InChI is InChI=1S/C21H30N6O3/c1-21(2,3)30-20(29)26-14-7-16(8-15-26)27-13-4-6-17(27)18(28)22-11-12-25-19-23-9-5-10-24-19/h4-6,9-10,13,16H,7-8,11-12,14-15H2,1-3H3,(H,22,28)(H,23,24,25). The number of rotatable bonds is 6. The van der Waals surface area contributed by atoms with Crippen molar-refractivity contribution in [1.29, 1.82) is 0 Å². The van der Waals surface area contributed by atoms with E-state index in [-0.39, 0.29) is 18.0 Å². The number of nitrogens with zero attached hydrogens (tertiary/aromatic N) is 4. The van der Waals surface area contributed by atoms with Gasteiger partial charge in [-0.15, -0.1) is 0 Å².